The molecule has 4 nitrogen and oxygen atoms in total. The second-order valence-electron chi connectivity index (χ2n) is 5.64. The van der Waals surface area contributed by atoms with Crippen molar-refractivity contribution < 1.29 is 0 Å². The van der Waals surface area contributed by atoms with Gasteiger partial charge in [0.15, 0.2) is 0 Å². The van der Waals surface area contributed by atoms with Crippen LogP contribution in [0.3, 0.4) is 0 Å². The molecule has 0 spiro atoms. The van der Waals surface area contributed by atoms with Crippen molar-refractivity contribution >= 4 is 29.1 Å². The zero-order valence-electron chi connectivity index (χ0n) is 13.7. The number of nitrogens with one attached hydrogen (secondary N) is 2. The summed E-state index contributed by atoms with van der Waals surface area (Å²) >= 11 is 6.07. The standard InChI is InChI=1S/C19H19ClN4/c1-13-8-9-16(20)11-17(13)23-19-22-14(2)10-18(24-19)21-12-15-6-4-3-5-7-15/h3-11H,12H2,1-2H3,(H2,21,22,23,24). The molecule has 0 bridgehead atoms. The lowest BCUT2D eigenvalue weighted by molar-refractivity contribution is 1.06. The van der Waals surface area contributed by atoms with Crippen molar-refractivity contribution in [2.24, 2.45) is 0 Å². The maximum atomic E-state index is 6.07. The fraction of sp³-hybridized carbons (Fsp3) is 0.158. The van der Waals surface area contributed by atoms with E-state index in [4.69, 9.17) is 11.6 Å². The minimum atomic E-state index is 0.552. The number of benzene rings is 2. The summed E-state index contributed by atoms with van der Waals surface area (Å²) in [6.45, 7) is 4.68. The van der Waals surface area contributed by atoms with Crippen LogP contribution >= 0.6 is 11.6 Å². The first-order valence-corrected chi connectivity index (χ1v) is 8.14. The molecule has 0 radical (unpaired) electrons. The average Bonchev–Trinajstić information content (AvgIpc) is 2.57. The number of nitrogens with zero attached hydrogens (tertiary/aromatic N) is 2. The van der Waals surface area contributed by atoms with Gasteiger partial charge in [0, 0.05) is 29.0 Å². The van der Waals surface area contributed by atoms with Gasteiger partial charge in [0.25, 0.3) is 0 Å². The van der Waals surface area contributed by atoms with E-state index < -0.39 is 0 Å². The van der Waals surface area contributed by atoms with Gasteiger partial charge in [-0.1, -0.05) is 48.0 Å². The summed E-state index contributed by atoms with van der Waals surface area (Å²) < 4.78 is 0. The summed E-state index contributed by atoms with van der Waals surface area (Å²) in [5, 5.41) is 7.26. The van der Waals surface area contributed by atoms with Crippen LogP contribution in [-0.4, -0.2) is 9.97 Å². The Morgan fingerprint density at radius 2 is 1.75 bits per heavy atom. The number of hydrogen-bond donors (Lipinski definition) is 2. The Bertz CT molecular complexity index is 834. The topological polar surface area (TPSA) is 49.8 Å². The Kier molecular flexibility index (Phi) is 4.96. The van der Waals surface area contributed by atoms with Crippen LogP contribution in [0.15, 0.2) is 54.6 Å². The highest BCUT2D eigenvalue weighted by Crippen LogP contribution is 2.23. The van der Waals surface area contributed by atoms with Gasteiger partial charge >= 0.3 is 0 Å². The molecule has 0 atom stereocenters. The minimum absolute atomic E-state index is 0.552. The molecule has 0 saturated carbocycles. The molecular formula is C19H19ClN4. The molecule has 122 valence electrons. The van der Waals surface area contributed by atoms with E-state index in [1.54, 1.807) is 0 Å². The number of halogens is 1. The van der Waals surface area contributed by atoms with E-state index in [9.17, 15) is 0 Å². The van der Waals surface area contributed by atoms with Crippen molar-refractivity contribution in [3.63, 3.8) is 0 Å². The average molecular weight is 339 g/mol. The first-order valence-electron chi connectivity index (χ1n) is 7.77. The highest BCUT2D eigenvalue weighted by atomic mass is 35.5. The Hall–Kier alpha value is -2.59. The van der Waals surface area contributed by atoms with E-state index in [2.05, 4.69) is 32.7 Å². The number of hydrogen-bond acceptors (Lipinski definition) is 4. The van der Waals surface area contributed by atoms with Crippen molar-refractivity contribution in [1.29, 1.82) is 0 Å². The van der Waals surface area contributed by atoms with Crippen LogP contribution in [0.25, 0.3) is 0 Å². The van der Waals surface area contributed by atoms with E-state index in [0.717, 1.165) is 22.8 Å². The SMILES string of the molecule is Cc1cc(NCc2ccccc2)nc(Nc2cc(Cl)ccc2C)n1. The predicted octanol–water partition coefficient (Wildman–Crippen LogP) is 5.10. The lowest BCUT2D eigenvalue weighted by Gasteiger charge is -2.12. The number of rotatable bonds is 5. The smallest absolute Gasteiger partial charge is 0.229 e. The van der Waals surface area contributed by atoms with Gasteiger partial charge in [0.1, 0.15) is 5.82 Å². The van der Waals surface area contributed by atoms with Gasteiger partial charge in [-0.2, -0.15) is 4.98 Å². The molecule has 3 rings (SSSR count). The molecule has 3 aromatic rings. The number of anilines is 3. The molecule has 0 fully saturated rings. The highest BCUT2D eigenvalue weighted by Gasteiger charge is 2.05. The fourth-order valence-electron chi connectivity index (χ4n) is 2.35. The van der Waals surface area contributed by atoms with Crippen LogP contribution < -0.4 is 10.6 Å². The van der Waals surface area contributed by atoms with Crippen molar-refractivity contribution in [2.75, 3.05) is 10.6 Å². The van der Waals surface area contributed by atoms with Crippen LogP contribution in [0.5, 0.6) is 0 Å². The summed E-state index contributed by atoms with van der Waals surface area (Å²) in [5.41, 5.74) is 4.09. The molecule has 0 saturated heterocycles. The summed E-state index contributed by atoms with van der Waals surface area (Å²) in [6, 6.07) is 17.9. The molecule has 0 amide bonds. The van der Waals surface area contributed by atoms with Crippen molar-refractivity contribution in [2.45, 2.75) is 20.4 Å². The Morgan fingerprint density at radius 3 is 2.54 bits per heavy atom. The van der Waals surface area contributed by atoms with Crippen LogP contribution in [-0.2, 0) is 6.54 Å². The molecule has 0 aliphatic carbocycles. The summed E-state index contributed by atoms with van der Waals surface area (Å²) in [7, 11) is 0. The normalized spacial score (nSPS) is 10.5. The molecule has 5 heteroatoms. The second-order valence-corrected chi connectivity index (χ2v) is 6.08. The van der Waals surface area contributed by atoms with Crippen LogP contribution in [0.4, 0.5) is 17.5 Å². The lowest BCUT2D eigenvalue weighted by Crippen LogP contribution is -2.06. The lowest BCUT2D eigenvalue weighted by atomic mass is 10.2. The van der Waals surface area contributed by atoms with Gasteiger partial charge in [0.2, 0.25) is 5.95 Å². The molecule has 0 aliphatic rings. The second kappa shape index (κ2) is 7.32. The Balaban J connectivity index is 1.77. The van der Waals surface area contributed by atoms with E-state index in [1.807, 2.05) is 56.3 Å². The van der Waals surface area contributed by atoms with Gasteiger partial charge in [0.05, 0.1) is 0 Å². The maximum absolute atomic E-state index is 6.07. The Labute approximate surface area is 146 Å². The fourth-order valence-corrected chi connectivity index (χ4v) is 2.52. The first kappa shape index (κ1) is 16.3. The third kappa shape index (κ3) is 4.24. The summed E-state index contributed by atoms with van der Waals surface area (Å²) in [6.07, 6.45) is 0. The van der Waals surface area contributed by atoms with Gasteiger partial charge in [-0.3, -0.25) is 0 Å². The van der Waals surface area contributed by atoms with Crippen molar-refractivity contribution in [3.05, 3.63) is 76.4 Å². The van der Waals surface area contributed by atoms with Crippen molar-refractivity contribution in [1.82, 2.24) is 9.97 Å². The number of aromatic nitrogens is 2. The summed E-state index contributed by atoms with van der Waals surface area (Å²) in [4.78, 5) is 8.99. The molecule has 2 aromatic carbocycles. The van der Waals surface area contributed by atoms with E-state index >= 15 is 0 Å². The monoisotopic (exact) mass is 338 g/mol. The van der Waals surface area contributed by atoms with E-state index in [-0.39, 0.29) is 0 Å². The van der Waals surface area contributed by atoms with Gasteiger partial charge in [-0.15, -0.1) is 0 Å². The Morgan fingerprint density at radius 1 is 0.958 bits per heavy atom. The molecule has 1 heterocycles. The third-order valence-electron chi connectivity index (χ3n) is 3.62. The highest BCUT2D eigenvalue weighted by molar-refractivity contribution is 6.30. The molecule has 0 unspecified atom stereocenters. The van der Waals surface area contributed by atoms with Crippen molar-refractivity contribution in [3.8, 4) is 0 Å². The van der Waals surface area contributed by atoms with E-state index in [0.29, 0.717) is 17.5 Å². The zero-order chi connectivity index (χ0) is 16.9. The zero-order valence-corrected chi connectivity index (χ0v) is 14.4. The van der Waals surface area contributed by atoms with Gasteiger partial charge < -0.3 is 10.6 Å². The molecule has 24 heavy (non-hydrogen) atoms. The molecule has 0 aliphatic heterocycles. The summed E-state index contributed by atoms with van der Waals surface area (Å²) in [5.74, 6) is 1.34. The van der Waals surface area contributed by atoms with Gasteiger partial charge in [-0.05, 0) is 37.1 Å². The number of aryl methyl sites for hydroxylation is 2. The molecular weight excluding hydrogens is 320 g/mol. The van der Waals surface area contributed by atoms with Crippen LogP contribution in [0.1, 0.15) is 16.8 Å². The molecule has 1 aromatic heterocycles. The first-order chi connectivity index (χ1) is 11.6. The maximum Gasteiger partial charge on any atom is 0.229 e. The third-order valence-corrected chi connectivity index (χ3v) is 3.85. The van der Waals surface area contributed by atoms with E-state index in [1.165, 1.54) is 5.56 Å². The predicted molar refractivity (Wildman–Crippen MR) is 100 cm³/mol. The quantitative estimate of drug-likeness (QED) is 0.679. The minimum Gasteiger partial charge on any atom is -0.366 e. The molecule has 2 N–H and O–H groups in total. The largest absolute Gasteiger partial charge is 0.366 e. The van der Waals surface area contributed by atoms with Crippen LogP contribution in [0, 0.1) is 13.8 Å². The van der Waals surface area contributed by atoms with Crippen LogP contribution in [0.2, 0.25) is 5.02 Å². The van der Waals surface area contributed by atoms with Gasteiger partial charge in [-0.25, -0.2) is 4.98 Å².